The maximum atomic E-state index is 13.9. The molecule has 1 aliphatic carbocycles. The van der Waals surface area contributed by atoms with E-state index < -0.39 is 0 Å². The normalized spacial score (nSPS) is 16.5. The van der Waals surface area contributed by atoms with E-state index in [2.05, 4.69) is 42.5 Å². The Bertz CT molecular complexity index is 2100. The number of rotatable bonds is 4. The van der Waals surface area contributed by atoms with Gasteiger partial charge < -0.3 is 4.42 Å². The molecule has 0 fully saturated rings. The highest BCUT2D eigenvalue weighted by Gasteiger charge is 2.32. The number of aryl methyl sites for hydroxylation is 1. The fourth-order valence-electron chi connectivity index (χ4n) is 5.53. The number of aromatic nitrogens is 2. The Labute approximate surface area is 241 Å². The van der Waals surface area contributed by atoms with Gasteiger partial charge in [0.05, 0.1) is 26.5 Å². The zero-order valence-electron chi connectivity index (χ0n) is 21.1. The molecule has 8 rings (SSSR count). The molecule has 8 heteroatoms. The molecule has 0 bridgehead atoms. The summed E-state index contributed by atoms with van der Waals surface area (Å²) in [5, 5.41) is 0.743. The second kappa shape index (κ2) is 9.59. The highest BCUT2D eigenvalue weighted by Crippen LogP contribution is 2.41. The first-order valence-electron chi connectivity index (χ1n) is 13.0. The van der Waals surface area contributed by atoms with Gasteiger partial charge in [-0.2, -0.15) is 0 Å². The smallest absolute Gasteiger partial charge is 0.271 e. The zero-order valence-corrected chi connectivity index (χ0v) is 23.6. The lowest BCUT2D eigenvalue weighted by Gasteiger charge is -2.30. The lowest BCUT2D eigenvalue weighted by Crippen LogP contribution is -2.38. The number of nitrogens with zero attached hydrogens (tertiary/aromatic N) is 3. The highest BCUT2D eigenvalue weighted by molar-refractivity contribution is 8.01. The van der Waals surface area contributed by atoms with Crippen LogP contribution in [-0.2, 0) is 6.42 Å². The van der Waals surface area contributed by atoms with Crippen molar-refractivity contribution in [2.75, 3.05) is 0 Å². The van der Waals surface area contributed by atoms with Crippen LogP contribution in [0.1, 0.15) is 34.9 Å². The molecule has 194 valence electrons. The zero-order chi connectivity index (χ0) is 26.6. The predicted octanol–water partition coefficient (Wildman–Crippen LogP) is 6.67. The summed E-state index contributed by atoms with van der Waals surface area (Å²) in [5.74, 6) is 0.638. The van der Waals surface area contributed by atoms with E-state index in [0.717, 1.165) is 48.6 Å². The van der Waals surface area contributed by atoms with Crippen LogP contribution in [0.2, 0.25) is 0 Å². The van der Waals surface area contributed by atoms with Gasteiger partial charge in [-0.1, -0.05) is 78.1 Å². The van der Waals surface area contributed by atoms with Crippen molar-refractivity contribution < 1.29 is 4.42 Å². The minimum Gasteiger partial charge on any atom is -0.450 e. The molecule has 0 radical (unpaired) electrons. The molecule has 0 saturated heterocycles. The minimum atomic E-state index is -0.176. The molecule has 3 aromatic carbocycles. The topological polar surface area (TPSA) is 60.4 Å². The van der Waals surface area contributed by atoms with Crippen molar-refractivity contribution in [3.63, 3.8) is 0 Å². The molecule has 0 N–H and O–H groups in total. The summed E-state index contributed by atoms with van der Waals surface area (Å²) in [7, 11) is 0. The highest BCUT2D eigenvalue weighted by atomic mass is 32.2. The number of benzene rings is 3. The van der Waals surface area contributed by atoms with E-state index in [1.165, 1.54) is 39.8 Å². The van der Waals surface area contributed by atoms with Gasteiger partial charge in [0.15, 0.2) is 14.2 Å². The molecule has 40 heavy (non-hydrogen) atoms. The van der Waals surface area contributed by atoms with Gasteiger partial charge in [-0.05, 0) is 65.6 Å². The Kier molecular flexibility index (Phi) is 5.72. The standard InChI is InChI=1S/C32H21N3O2S3/c36-30-26(18-21-15-17-27(37-21)40-32-33-24-12-6-7-13-25(24)39-32)38-31-34-28-22-11-5-4-8-19(22)14-16-23(28)29(35(30)31)20-9-2-1-3-10-20/h1-13,15,17-18,29H,14,16H2/b26-18-. The summed E-state index contributed by atoms with van der Waals surface area (Å²) in [6.07, 6.45) is 3.66. The van der Waals surface area contributed by atoms with Crippen LogP contribution in [0.5, 0.6) is 0 Å². The molecule has 1 atom stereocenters. The molecule has 5 nitrogen and oxygen atoms in total. The maximum absolute atomic E-state index is 13.9. The third kappa shape index (κ3) is 4.02. The number of para-hydroxylation sites is 1. The summed E-state index contributed by atoms with van der Waals surface area (Å²) >= 11 is 4.56. The molecular formula is C32H21N3O2S3. The van der Waals surface area contributed by atoms with Crippen LogP contribution in [0.4, 0.5) is 0 Å². The Morgan fingerprint density at radius 2 is 1.73 bits per heavy atom. The van der Waals surface area contributed by atoms with Gasteiger partial charge in [0.2, 0.25) is 0 Å². The van der Waals surface area contributed by atoms with Crippen molar-refractivity contribution in [2.45, 2.75) is 28.3 Å². The van der Waals surface area contributed by atoms with Crippen LogP contribution >= 0.6 is 34.4 Å². The van der Waals surface area contributed by atoms with Gasteiger partial charge in [-0.3, -0.25) is 9.36 Å². The molecule has 2 aliphatic rings. The number of furan rings is 1. The van der Waals surface area contributed by atoms with Crippen LogP contribution in [0, 0.1) is 0 Å². The van der Waals surface area contributed by atoms with Gasteiger partial charge >= 0.3 is 0 Å². The van der Waals surface area contributed by atoms with E-state index in [1.54, 1.807) is 11.3 Å². The second-order valence-electron chi connectivity index (χ2n) is 9.73. The molecule has 4 heterocycles. The van der Waals surface area contributed by atoms with E-state index in [0.29, 0.717) is 10.3 Å². The monoisotopic (exact) mass is 575 g/mol. The number of thiazole rings is 2. The third-order valence-electron chi connectivity index (χ3n) is 7.33. The summed E-state index contributed by atoms with van der Waals surface area (Å²) in [5.41, 5.74) is 6.74. The summed E-state index contributed by atoms with van der Waals surface area (Å²) < 4.78 is 10.7. The Morgan fingerprint density at radius 1 is 0.900 bits per heavy atom. The van der Waals surface area contributed by atoms with Crippen LogP contribution in [0.15, 0.2) is 120 Å². The lowest BCUT2D eigenvalue weighted by atomic mass is 9.83. The number of hydrogen-bond donors (Lipinski definition) is 0. The van der Waals surface area contributed by atoms with Gasteiger partial charge in [0.25, 0.3) is 5.56 Å². The Balaban J connectivity index is 1.22. The number of allylic oxidation sites excluding steroid dienone is 1. The van der Waals surface area contributed by atoms with Crippen molar-refractivity contribution >= 4 is 56.4 Å². The average molecular weight is 576 g/mol. The van der Waals surface area contributed by atoms with E-state index >= 15 is 0 Å². The van der Waals surface area contributed by atoms with E-state index in [1.807, 2.05) is 59.2 Å². The van der Waals surface area contributed by atoms with Crippen molar-refractivity contribution in [1.82, 2.24) is 9.55 Å². The van der Waals surface area contributed by atoms with Gasteiger partial charge in [-0.15, -0.1) is 11.3 Å². The van der Waals surface area contributed by atoms with Crippen LogP contribution in [0.25, 0.3) is 22.0 Å². The second-order valence-corrected chi connectivity index (χ2v) is 13.0. The quantitative estimate of drug-likeness (QED) is 0.236. The lowest BCUT2D eigenvalue weighted by molar-refractivity contribution is 0.466. The van der Waals surface area contributed by atoms with Crippen molar-refractivity contribution in [3.8, 4) is 0 Å². The average Bonchev–Trinajstić information content (AvgIpc) is 3.69. The summed E-state index contributed by atoms with van der Waals surface area (Å²) in [6, 6.07) is 30.6. The first-order valence-corrected chi connectivity index (χ1v) is 15.5. The number of hydrogen-bond acceptors (Lipinski definition) is 7. The molecular weight excluding hydrogens is 555 g/mol. The SMILES string of the molecule is O=c1/c(=C/c2ccc(Sc3nc4ccccc4s3)o2)sc2n1C(c1ccccc1)C1=C(N=2)c2ccccc2CC1. The number of fused-ring (bicyclic) bond motifs is 4. The minimum absolute atomic E-state index is 0.0419. The predicted molar refractivity (Wildman–Crippen MR) is 162 cm³/mol. The largest absolute Gasteiger partial charge is 0.450 e. The van der Waals surface area contributed by atoms with Crippen LogP contribution < -0.4 is 14.9 Å². The Hall–Kier alpha value is -3.98. The van der Waals surface area contributed by atoms with Crippen molar-refractivity contribution in [3.05, 3.63) is 139 Å². The van der Waals surface area contributed by atoms with Gasteiger partial charge in [0, 0.05) is 11.6 Å². The van der Waals surface area contributed by atoms with Gasteiger partial charge in [0.1, 0.15) is 5.76 Å². The van der Waals surface area contributed by atoms with Crippen LogP contribution in [-0.4, -0.2) is 9.55 Å². The molecule has 1 aliphatic heterocycles. The molecule has 0 spiro atoms. The molecule has 3 aromatic heterocycles. The van der Waals surface area contributed by atoms with E-state index in [-0.39, 0.29) is 11.6 Å². The fraction of sp³-hybridized carbons (Fsp3) is 0.0938. The first kappa shape index (κ1) is 23.9. The molecule has 0 amide bonds. The van der Waals surface area contributed by atoms with E-state index in [4.69, 9.17) is 14.4 Å². The maximum Gasteiger partial charge on any atom is 0.271 e. The molecule has 1 unspecified atom stereocenters. The Morgan fingerprint density at radius 3 is 2.62 bits per heavy atom. The first-order chi connectivity index (χ1) is 19.7. The van der Waals surface area contributed by atoms with Crippen molar-refractivity contribution in [2.24, 2.45) is 4.99 Å². The third-order valence-corrected chi connectivity index (χ3v) is 10.3. The molecule has 6 aromatic rings. The van der Waals surface area contributed by atoms with Crippen LogP contribution in [0.3, 0.4) is 0 Å². The van der Waals surface area contributed by atoms with Gasteiger partial charge in [-0.25, -0.2) is 9.98 Å². The van der Waals surface area contributed by atoms with Crippen molar-refractivity contribution in [1.29, 1.82) is 0 Å². The van der Waals surface area contributed by atoms with E-state index in [9.17, 15) is 4.79 Å². The summed E-state index contributed by atoms with van der Waals surface area (Å²) in [4.78, 5) is 24.4. The molecule has 0 saturated carbocycles. The summed E-state index contributed by atoms with van der Waals surface area (Å²) in [6.45, 7) is 0. The fourth-order valence-corrected chi connectivity index (χ4v) is 8.48.